The van der Waals surface area contributed by atoms with Gasteiger partial charge in [-0.1, -0.05) is 30.3 Å². The molecule has 68 valence electrons. The molecule has 13 heavy (non-hydrogen) atoms. The van der Waals surface area contributed by atoms with Gasteiger partial charge in [-0.3, -0.25) is 4.79 Å². The largest absolute Gasteiger partial charge is 0.316 e. The van der Waals surface area contributed by atoms with Crippen LogP contribution in [-0.4, -0.2) is 18.9 Å². The second-order valence-corrected chi connectivity index (χ2v) is 3.42. The molecule has 0 amide bonds. The van der Waals surface area contributed by atoms with Crippen molar-refractivity contribution in [1.82, 2.24) is 5.32 Å². The Bertz CT molecular complexity index is 288. The fourth-order valence-electron chi connectivity index (χ4n) is 1.72. The van der Waals surface area contributed by atoms with Crippen molar-refractivity contribution in [2.24, 2.45) is 5.92 Å². The van der Waals surface area contributed by atoms with Crippen molar-refractivity contribution >= 4 is 5.78 Å². The highest BCUT2D eigenvalue weighted by molar-refractivity contribution is 5.98. The average Bonchev–Trinajstić information content (AvgIpc) is 2.71. The minimum absolute atomic E-state index is 0.197. The summed E-state index contributed by atoms with van der Waals surface area (Å²) < 4.78 is 0. The van der Waals surface area contributed by atoms with E-state index in [1.807, 2.05) is 30.3 Å². The van der Waals surface area contributed by atoms with Crippen LogP contribution in [0.3, 0.4) is 0 Å². The average molecular weight is 175 g/mol. The number of benzene rings is 1. The topological polar surface area (TPSA) is 29.1 Å². The molecule has 1 saturated heterocycles. The summed E-state index contributed by atoms with van der Waals surface area (Å²) in [5.41, 5.74) is 0.844. The van der Waals surface area contributed by atoms with Crippen molar-refractivity contribution in [2.45, 2.75) is 6.42 Å². The number of hydrogen-bond acceptors (Lipinski definition) is 2. The third-order valence-electron chi connectivity index (χ3n) is 2.49. The Morgan fingerprint density at radius 2 is 2.08 bits per heavy atom. The van der Waals surface area contributed by atoms with Crippen LogP contribution in [0.25, 0.3) is 0 Å². The molecule has 1 N–H and O–H groups in total. The van der Waals surface area contributed by atoms with Crippen LogP contribution < -0.4 is 5.32 Å². The van der Waals surface area contributed by atoms with Gasteiger partial charge in [0.05, 0.1) is 0 Å². The van der Waals surface area contributed by atoms with Crippen molar-refractivity contribution < 1.29 is 4.79 Å². The summed E-state index contributed by atoms with van der Waals surface area (Å²) in [5.74, 6) is 0.480. The van der Waals surface area contributed by atoms with Crippen LogP contribution in [0.2, 0.25) is 0 Å². The van der Waals surface area contributed by atoms with Gasteiger partial charge in [-0.2, -0.15) is 0 Å². The molecule has 1 heterocycles. The maximum atomic E-state index is 11.8. The van der Waals surface area contributed by atoms with Gasteiger partial charge in [0.1, 0.15) is 0 Å². The zero-order valence-electron chi connectivity index (χ0n) is 7.49. The lowest BCUT2D eigenvalue weighted by Gasteiger charge is -2.06. The van der Waals surface area contributed by atoms with Crippen LogP contribution >= 0.6 is 0 Å². The fourth-order valence-corrected chi connectivity index (χ4v) is 1.72. The fraction of sp³-hybridized carbons (Fsp3) is 0.364. The predicted molar refractivity (Wildman–Crippen MR) is 51.7 cm³/mol. The smallest absolute Gasteiger partial charge is 0.167 e. The van der Waals surface area contributed by atoms with Crippen LogP contribution in [0.1, 0.15) is 16.8 Å². The van der Waals surface area contributed by atoms with E-state index in [4.69, 9.17) is 0 Å². The van der Waals surface area contributed by atoms with E-state index in [2.05, 4.69) is 5.32 Å². The molecule has 0 aromatic heterocycles. The Balaban J connectivity index is 2.13. The van der Waals surface area contributed by atoms with Crippen molar-refractivity contribution in [3.63, 3.8) is 0 Å². The van der Waals surface area contributed by atoms with E-state index in [9.17, 15) is 4.79 Å². The van der Waals surface area contributed by atoms with Gasteiger partial charge in [-0.05, 0) is 13.0 Å². The van der Waals surface area contributed by atoms with Gasteiger partial charge in [0.2, 0.25) is 0 Å². The predicted octanol–water partition coefficient (Wildman–Crippen LogP) is 1.48. The highest BCUT2D eigenvalue weighted by Gasteiger charge is 2.22. The van der Waals surface area contributed by atoms with Gasteiger partial charge < -0.3 is 5.32 Å². The normalized spacial score (nSPS) is 21.7. The van der Waals surface area contributed by atoms with Gasteiger partial charge in [-0.25, -0.2) is 0 Å². The highest BCUT2D eigenvalue weighted by Crippen LogP contribution is 2.14. The molecule has 1 aromatic carbocycles. The molecule has 0 saturated carbocycles. The van der Waals surface area contributed by atoms with E-state index in [1.54, 1.807) is 0 Å². The van der Waals surface area contributed by atoms with Crippen molar-refractivity contribution in [1.29, 1.82) is 0 Å². The summed E-state index contributed by atoms with van der Waals surface area (Å²) in [6.07, 6.45) is 0.980. The summed E-state index contributed by atoms with van der Waals surface area (Å²) >= 11 is 0. The Hall–Kier alpha value is -1.15. The molecular formula is C11H13NO. The summed E-state index contributed by atoms with van der Waals surface area (Å²) in [7, 11) is 0. The minimum Gasteiger partial charge on any atom is -0.316 e. The summed E-state index contributed by atoms with van der Waals surface area (Å²) in [5, 5.41) is 3.20. The molecule has 0 aliphatic carbocycles. The van der Waals surface area contributed by atoms with Gasteiger partial charge in [0, 0.05) is 18.0 Å². The second-order valence-electron chi connectivity index (χ2n) is 3.42. The lowest BCUT2D eigenvalue weighted by atomic mass is 9.97. The van der Waals surface area contributed by atoms with E-state index in [1.165, 1.54) is 0 Å². The molecule has 0 unspecified atom stereocenters. The van der Waals surface area contributed by atoms with Crippen molar-refractivity contribution in [3.05, 3.63) is 35.9 Å². The molecule has 1 aromatic rings. The number of carbonyl (C=O) groups excluding carboxylic acids is 1. The molecule has 1 aliphatic heterocycles. The van der Waals surface area contributed by atoms with Gasteiger partial charge in [-0.15, -0.1) is 0 Å². The number of Topliss-reactive ketones (excluding diaryl/α,β-unsaturated/α-hetero) is 1. The van der Waals surface area contributed by atoms with Gasteiger partial charge in [0.25, 0.3) is 0 Å². The molecular weight excluding hydrogens is 162 g/mol. The minimum atomic E-state index is 0.197. The first-order valence-corrected chi connectivity index (χ1v) is 4.68. The van der Waals surface area contributed by atoms with E-state index in [-0.39, 0.29) is 11.7 Å². The SMILES string of the molecule is O=C(c1ccccc1)[C@@H]1CCNC1. The zero-order chi connectivity index (χ0) is 9.10. The third-order valence-corrected chi connectivity index (χ3v) is 2.49. The monoisotopic (exact) mass is 175 g/mol. The van der Waals surface area contributed by atoms with E-state index < -0.39 is 0 Å². The number of rotatable bonds is 2. The Morgan fingerprint density at radius 1 is 1.31 bits per heavy atom. The van der Waals surface area contributed by atoms with Crippen LogP contribution in [-0.2, 0) is 0 Å². The molecule has 0 spiro atoms. The molecule has 1 fully saturated rings. The van der Waals surface area contributed by atoms with Crippen LogP contribution in [0.4, 0.5) is 0 Å². The van der Waals surface area contributed by atoms with Gasteiger partial charge in [0.15, 0.2) is 5.78 Å². The first kappa shape index (κ1) is 8.45. The maximum Gasteiger partial charge on any atom is 0.167 e. The summed E-state index contributed by atoms with van der Waals surface area (Å²) in [6.45, 7) is 1.82. The molecule has 2 heteroatoms. The Morgan fingerprint density at radius 3 is 2.69 bits per heavy atom. The highest BCUT2D eigenvalue weighted by atomic mass is 16.1. The summed E-state index contributed by atoms with van der Waals surface area (Å²) in [4.78, 5) is 11.8. The molecule has 0 bridgehead atoms. The van der Waals surface area contributed by atoms with Crippen LogP contribution in [0.15, 0.2) is 30.3 Å². The van der Waals surface area contributed by atoms with E-state index in [0.717, 1.165) is 25.1 Å². The van der Waals surface area contributed by atoms with Crippen molar-refractivity contribution in [2.75, 3.05) is 13.1 Å². The first-order chi connectivity index (χ1) is 6.38. The maximum absolute atomic E-state index is 11.8. The number of carbonyl (C=O) groups is 1. The van der Waals surface area contributed by atoms with Crippen molar-refractivity contribution in [3.8, 4) is 0 Å². The lowest BCUT2D eigenvalue weighted by molar-refractivity contribution is 0.0930. The lowest BCUT2D eigenvalue weighted by Crippen LogP contribution is -2.17. The van der Waals surface area contributed by atoms with E-state index >= 15 is 0 Å². The van der Waals surface area contributed by atoms with Crippen LogP contribution in [0.5, 0.6) is 0 Å². The van der Waals surface area contributed by atoms with E-state index in [0.29, 0.717) is 0 Å². The number of nitrogens with one attached hydrogen (secondary N) is 1. The Kier molecular flexibility index (Phi) is 2.41. The second kappa shape index (κ2) is 3.71. The number of ketones is 1. The molecule has 1 atom stereocenters. The first-order valence-electron chi connectivity index (χ1n) is 4.68. The third kappa shape index (κ3) is 1.78. The Labute approximate surface area is 78.0 Å². The molecule has 0 radical (unpaired) electrons. The molecule has 2 rings (SSSR count). The quantitative estimate of drug-likeness (QED) is 0.690. The molecule has 1 aliphatic rings. The van der Waals surface area contributed by atoms with Gasteiger partial charge >= 0.3 is 0 Å². The zero-order valence-corrected chi connectivity index (χ0v) is 7.49. The summed E-state index contributed by atoms with van der Waals surface area (Å²) in [6, 6.07) is 9.54. The number of hydrogen-bond donors (Lipinski definition) is 1. The standard InChI is InChI=1S/C11H13NO/c13-11(10-6-7-12-8-10)9-4-2-1-3-5-9/h1-5,10,12H,6-8H2/t10-/m1/s1. The van der Waals surface area contributed by atoms with Crippen LogP contribution in [0, 0.1) is 5.92 Å². The molecule has 2 nitrogen and oxygen atoms in total.